The average molecular weight is 344 g/mol. The fourth-order valence-corrected chi connectivity index (χ4v) is 3.21. The van der Waals surface area contributed by atoms with Gasteiger partial charge >= 0.3 is 0 Å². The van der Waals surface area contributed by atoms with E-state index in [0.717, 1.165) is 28.2 Å². The van der Waals surface area contributed by atoms with Gasteiger partial charge in [0.2, 0.25) is 0 Å². The summed E-state index contributed by atoms with van der Waals surface area (Å²) < 4.78 is 5.79. The highest BCUT2D eigenvalue weighted by Gasteiger charge is 2.27. The number of hydrogen-bond donors (Lipinski definition) is 1. The third-order valence-electron chi connectivity index (χ3n) is 4.34. The smallest absolute Gasteiger partial charge is 0.270 e. The number of carbonyl (C=O) groups excluding carboxylic acids is 1. The Balaban J connectivity index is 1.59. The lowest BCUT2D eigenvalue weighted by Crippen LogP contribution is -2.36. The van der Waals surface area contributed by atoms with Crippen molar-refractivity contribution in [3.8, 4) is 0 Å². The van der Waals surface area contributed by atoms with Crippen molar-refractivity contribution in [2.45, 2.75) is 32.7 Å². The summed E-state index contributed by atoms with van der Waals surface area (Å²) in [6, 6.07) is 7.40. The van der Waals surface area contributed by atoms with Gasteiger partial charge in [0, 0.05) is 34.8 Å². The van der Waals surface area contributed by atoms with Crippen LogP contribution in [0.5, 0.6) is 0 Å². The maximum Gasteiger partial charge on any atom is 0.270 e. The molecule has 1 N–H and O–H groups in total. The van der Waals surface area contributed by atoms with Crippen LogP contribution in [-0.4, -0.2) is 27.3 Å². The molecule has 1 amide bonds. The minimum Gasteiger partial charge on any atom is -0.445 e. The van der Waals surface area contributed by atoms with Crippen molar-refractivity contribution < 1.29 is 9.21 Å². The molecule has 124 valence electrons. The Morgan fingerprint density at radius 2 is 2.21 bits per heavy atom. The number of nitrogens with zero attached hydrogens (tertiary/aromatic N) is 2. The third-order valence-corrected chi connectivity index (χ3v) is 4.57. The first-order chi connectivity index (χ1) is 11.5. The molecule has 0 fully saturated rings. The monoisotopic (exact) mass is 343 g/mol. The maximum absolute atomic E-state index is 12.8. The van der Waals surface area contributed by atoms with Crippen molar-refractivity contribution in [2.24, 2.45) is 0 Å². The number of halogens is 1. The first kappa shape index (κ1) is 15.3. The number of fused-ring (bicyclic) bond motifs is 2. The molecule has 0 radical (unpaired) electrons. The number of rotatable bonds is 2. The van der Waals surface area contributed by atoms with E-state index in [1.807, 2.05) is 24.3 Å². The summed E-state index contributed by atoms with van der Waals surface area (Å²) in [7, 11) is 0. The number of oxazole rings is 1. The largest absolute Gasteiger partial charge is 0.445 e. The van der Waals surface area contributed by atoms with Crippen molar-refractivity contribution in [3.05, 3.63) is 52.3 Å². The number of carbonyl (C=O) groups is 1. The second kappa shape index (κ2) is 5.67. The highest BCUT2D eigenvalue weighted by atomic mass is 35.5. The van der Waals surface area contributed by atoms with E-state index in [2.05, 4.69) is 23.8 Å². The van der Waals surface area contributed by atoms with Crippen molar-refractivity contribution >= 4 is 28.4 Å². The van der Waals surface area contributed by atoms with E-state index in [-0.39, 0.29) is 11.8 Å². The number of amides is 1. The highest BCUT2D eigenvalue weighted by molar-refractivity contribution is 6.31. The van der Waals surface area contributed by atoms with Gasteiger partial charge in [0.15, 0.2) is 5.89 Å². The van der Waals surface area contributed by atoms with Gasteiger partial charge in [-0.15, -0.1) is 0 Å². The lowest BCUT2D eigenvalue weighted by atomic mass is 10.1. The molecule has 3 heterocycles. The minimum atomic E-state index is -0.0259. The highest BCUT2D eigenvalue weighted by Crippen LogP contribution is 2.26. The van der Waals surface area contributed by atoms with Crippen molar-refractivity contribution in [3.63, 3.8) is 0 Å². The van der Waals surface area contributed by atoms with Gasteiger partial charge < -0.3 is 14.3 Å². The van der Waals surface area contributed by atoms with Gasteiger partial charge in [-0.05, 0) is 24.3 Å². The molecule has 0 spiro atoms. The predicted molar refractivity (Wildman–Crippen MR) is 92.3 cm³/mol. The molecule has 1 aromatic carbocycles. The van der Waals surface area contributed by atoms with E-state index in [1.165, 1.54) is 0 Å². The zero-order valence-corrected chi connectivity index (χ0v) is 14.4. The molecule has 3 aromatic rings. The van der Waals surface area contributed by atoms with Gasteiger partial charge in [-0.1, -0.05) is 25.4 Å². The average Bonchev–Trinajstić information content (AvgIpc) is 3.16. The molecule has 1 aliphatic heterocycles. The molecule has 2 aromatic heterocycles. The normalized spacial score (nSPS) is 14.4. The van der Waals surface area contributed by atoms with Gasteiger partial charge in [0.05, 0.1) is 6.54 Å². The Bertz CT molecular complexity index is 926. The van der Waals surface area contributed by atoms with E-state index in [0.29, 0.717) is 30.2 Å². The quantitative estimate of drug-likeness (QED) is 0.761. The molecule has 24 heavy (non-hydrogen) atoms. The molecular formula is C18H18ClN3O2. The number of aromatic nitrogens is 2. The number of H-pyrrole nitrogens is 1. The fourth-order valence-electron chi connectivity index (χ4n) is 3.03. The van der Waals surface area contributed by atoms with Crippen LogP contribution in [0.4, 0.5) is 0 Å². The van der Waals surface area contributed by atoms with Crippen LogP contribution in [0.2, 0.25) is 5.02 Å². The summed E-state index contributed by atoms with van der Waals surface area (Å²) in [4.78, 5) is 22.3. The lowest BCUT2D eigenvalue weighted by molar-refractivity contribution is 0.0723. The molecule has 0 saturated carbocycles. The summed E-state index contributed by atoms with van der Waals surface area (Å²) in [6.45, 7) is 5.22. The molecule has 0 atom stereocenters. The molecule has 5 nitrogen and oxygen atoms in total. The van der Waals surface area contributed by atoms with E-state index in [4.69, 9.17) is 16.0 Å². The number of aromatic amines is 1. The Morgan fingerprint density at radius 1 is 1.38 bits per heavy atom. The number of benzene rings is 1. The number of nitrogens with one attached hydrogen (secondary N) is 1. The van der Waals surface area contributed by atoms with Crippen LogP contribution in [0, 0.1) is 0 Å². The summed E-state index contributed by atoms with van der Waals surface area (Å²) in [5.74, 6) is 1.88. The lowest BCUT2D eigenvalue weighted by Gasteiger charge is -2.24. The second-order valence-corrected chi connectivity index (χ2v) is 6.90. The Kier molecular flexibility index (Phi) is 3.61. The van der Waals surface area contributed by atoms with Crippen LogP contribution in [0.25, 0.3) is 10.9 Å². The summed E-state index contributed by atoms with van der Waals surface area (Å²) in [6.07, 6.45) is 0.701. The Morgan fingerprint density at radius 3 is 3.00 bits per heavy atom. The van der Waals surface area contributed by atoms with Crippen molar-refractivity contribution in [1.29, 1.82) is 0 Å². The minimum absolute atomic E-state index is 0.0259. The van der Waals surface area contributed by atoms with Gasteiger partial charge in [0.1, 0.15) is 17.1 Å². The van der Waals surface area contributed by atoms with Crippen LogP contribution in [0.3, 0.4) is 0 Å². The van der Waals surface area contributed by atoms with Gasteiger partial charge in [-0.2, -0.15) is 0 Å². The van der Waals surface area contributed by atoms with Gasteiger partial charge in [-0.25, -0.2) is 4.98 Å². The maximum atomic E-state index is 12.8. The zero-order chi connectivity index (χ0) is 16.8. The van der Waals surface area contributed by atoms with E-state index >= 15 is 0 Å². The molecule has 0 aliphatic carbocycles. The van der Waals surface area contributed by atoms with E-state index in [1.54, 1.807) is 4.90 Å². The summed E-state index contributed by atoms with van der Waals surface area (Å²) in [5, 5.41) is 1.60. The van der Waals surface area contributed by atoms with Gasteiger partial charge in [-0.3, -0.25) is 4.79 Å². The SMILES string of the molecule is CC(C)c1nc2c(o1)CCN(C(=O)c1cc3cc(Cl)ccc3[nH]1)C2. The molecule has 1 aliphatic rings. The standard InChI is InChI=1S/C18H18ClN3O2/c1-10(2)17-21-15-9-22(6-5-16(15)24-17)18(23)14-8-11-7-12(19)3-4-13(11)20-14/h3-4,7-8,10,20H,5-6,9H2,1-2H3. The van der Waals surface area contributed by atoms with E-state index < -0.39 is 0 Å². The summed E-state index contributed by atoms with van der Waals surface area (Å²) >= 11 is 6.01. The van der Waals surface area contributed by atoms with Gasteiger partial charge in [0.25, 0.3) is 5.91 Å². The predicted octanol–water partition coefficient (Wildman–Crippen LogP) is 4.13. The first-order valence-electron chi connectivity index (χ1n) is 8.07. The van der Waals surface area contributed by atoms with Crippen LogP contribution >= 0.6 is 11.6 Å². The second-order valence-electron chi connectivity index (χ2n) is 6.47. The van der Waals surface area contributed by atoms with Crippen LogP contribution in [0.1, 0.15) is 47.6 Å². The fraction of sp³-hybridized carbons (Fsp3) is 0.333. The van der Waals surface area contributed by atoms with Crippen LogP contribution < -0.4 is 0 Å². The van der Waals surface area contributed by atoms with Crippen LogP contribution in [-0.2, 0) is 13.0 Å². The molecule has 6 heteroatoms. The van der Waals surface area contributed by atoms with E-state index in [9.17, 15) is 4.79 Å². The molecule has 4 rings (SSSR count). The zero-order valence-electron chi connectivity index (χ0n) is 13.6. The first-order valence-corrected chi connectivity index (χ1v) is 8.45. The summed E-state index contributed by atoms with van der Waals surface area (Å²) in [5.41, 5.74) is 2.35. The molecule has 0 unspecified atom stereocenters. The van der Waals surface area contributed by atoms with Crippen molar-refractivity contribution in [2.75, 3.05) is 6.54 Å². The Hall–Kier alpha value is -2.27. The molecular weight excluding hydrogens is 326 g/mol. The molecule has 0 bridgehead atoms. The number of hydrogen-bond acceptors (Lipinski definition) is 3. The molecule has 0 saturated heterocycles. The van der Waals surface area contributed by atoms with Crippen LogP contribution in [0.15, 0.2) is 28.7 Å². The topological polar surface area (TPSA) is 62.1 Å². The Labute approximate surface area is 144 Å². The third kappa shape index (κ3) is 2.59. The van der Waals surface area contributed by atoms with Crippen molar-refractivity contribution in [1.82, 2.24) is 14.9 Å².